The Kier molecular flexibility index (Phi) is 29.7. The number of hydrogen-bond donors (Lipinski definition) is 0. The minimum absolute atomic E-state index is 0.958. The first-order valence-corrected chi connectivity index (χ1v) is 16.5. The maximum Gasteiger partial charge on any atom is 0.00470 e. The average Bonchev–Trinajstić information content (AvgIpc) is 2.80. The van der Waals surface area contributed by atoms with E-state index in [1.807, 2.05) is 0 Å². The Labute approximate surface area is 210 Å². The third-order valence-corrected chi connectivity index (χ3v) is 8.58. The predicted octanol–water partition coefficient (Wildman–Crippen LogP) is 12.3. The summed E-state index contributed by atoms with van der Waals surface area (Å²) in [5.41, 5.74) is 0. The molecule has 1 heteroatoms. The van der Waals surface area contributed by atoms with Gasteiger partial charge in [0.1, 0.15) is 0 Å². The van der Waals surface area contributed by atoms with Gasteiger partial charge in [0, 0.05) is 5.25 Å². The third-order valence-electron chi connectivity index (χ3n) is 7.11. The molecule has 0 spiro atoms. The van der Waals surface area contributed by atoms with Crippen LogP contribution in [-0.4, -0.2) is 11.0 Å². The second kappa shape index (κ2) is 29.4. The molecule has 0 saturated heterocycles. The quantitative estimate of drug-likeness (QED) is 0.103. The minimum Gasteiger partial charge on any atom is -0.159 e. The third kappa shape index (κ3) is 26.6. The molecule has 0 rings (SSSR count). The molecule has 0 saturated carbocycles. The van der Waals surface area contributed by atoms with Crippen LogP contribution < -0.4 is 0 Å². The van der Waals surface area contributed by atoms with Crippen molar-refractivity contribution in [2.45, 2.75) is 193 Å². The molecule has 0 aromatic heterocycles. The van der Waals surface area contributed by atoms with Crippen LogP contribution in [0.2, 0.25) is 0 Å². The number of thioether (sulfide) groups is 1. The Balaban J connectivity index is 3.79. The van der Waals surface area contributed by atoms with Crippen molar-refractivity contribution < 1.29 is 0 Å². The van der Waals surface area contributed by atoms with Gasteiger partial charge in [-0.05, 0) is 25.0 Å². The average molecular weight is 469 g/mol. The molecule has 0 aliphatic rings. The second-order valence-electron chi connectivity index (χ2n) is 10.5. The highest BCUT2D eigenvalue weighted by atomic mass is 32.2. The number of hydrogen-bond acceptors (Lipinski definition) is 1. The summed E-state index contributed by atoms with van der Waals surface area (Å²) in [5, 5.41) is 0.958. The Hall–Kier alpha value is 0.350. The van der Waals surface area contributed by atoms with Crippen molar-refractivity contribution >= 4 is 11.8 Å². The summed E-state index contributed by atoms with van der Waals surface area (Å²) >= 11 is 2.34. The maximum absolute atomic E-state index is 2.34. The Morgan fingerprint density at radius 1 is 0.344 bits per heavy atom. The number of unbranched alkanes of at least 4 members (excludes halogenated alkanes) is 21. The first-order chi connectivity index (χ1) is 15.8. The van der Waals surface area contributed by atoms with Crippen molar-refractivity contribution in [3.8, 4) is 0 Å². The SMILES string of the molecule is CCCCCCCCCCCSC(CCCCCCCC)CCCCCCCCCCC. The van der Waals surface area contributed by atoms with Gasteiger partial charge in [0.25, 0.3) is 0 Å². The van der Waals surface area contributed by atoms with Crippen molar-refractivity contribution in [1.82, 2.24) is 0 Å². The normalized spacial score (nSPS) is 12.5. The van der Waals surface area contributed by atoms with E-state index >= 15 is 0 Å². The Bertz CT molecular complexity index is 314. The summed E-state index contributed by atoms with van der Waals surface area (Å²) in [6.45, 7) is 6.95. The van der Waals surface area contributed by atoms with Gasteiger partial charge in [0.05, 0.1) is 0 Å². The molecule has 0 aromatic rings. The molecule has 0 N–H and O–H groups in total. The highest BCUT2D eigenvalue weighted by Crippen LogP contribution is 2.26. The van der Waals surface area contributed by atoms with Crippen LogP contribution in [0.3, 0.4) is 0 Å². The molecule has 0 bridgehead atoms. The van der Waals surface area contributed by atoms with Crippen LogP contribution in [0, 0.1) is 0 Å². The summed E-state index contributed by atoms with van der Waals surface area (Å²) in [6, 6.07) is 0. The van der Waals surface area contributed by atoms with Crippen LogP contribution >= 0.6 is 11.8 Å². The molecule has 194 valence electrons. The Morgan fingerprint density at radius 2 is 0.625 bits per heavy atom. The van der Waals surface area contributed by atoms with Crippen molar-refractivity contribution in [1.29, 1.82) is 0 Å². The van der Waals surface area contributed by atoms with Gasteiger partial charge in [0.15, 0.2) is 0 Å². The van der Waals surface area contributed by atoms with E-state index in [0.717, 1.165) is 5.25 Å². The van der Waals surface area contributed by atoms with E-state index in [4.69, 9.17) is 0 Å². The summed E-state index contributed by atoms with van der Waals surface area (Å²) in [6.07, 6.45) is 38.0. The summed E-state index contributed by atoms with van der Waals surface area (Å²) in [5.74, 6) is 1.42. The van der Waals surface area contributed by atoms with Crippen LogP contribution in [0.15, 0.2) is 0 Å². The molecule has 0 aromatic carbocycles. The molecular weight excluding hydrogens is 404 g/mol. The highest BCUT2D eigenvalue weighted by Gasteiger charge is 2.09. The fourth-order valence-corrected chi connectivity index (χ4v) is 6.18. The maximum atomic E-state index is 2.34. The topological polar surface area (TPSA) is 0 Å². The van der Waals surface area contributed by atoms with Crippen molar-refractivity contribution in [3.05, 3.63) is 0 Å². The molecule has 0 radical (unpaired) electrons. The molecule has 1 unspecified atom stereocenters. The van der Waals surface area contributed by atoms with Gasteiger partial charge < -0.3 is 0 Å². The lowest BCUT2D eigenvalue weighted by Crippen LogP contribution is -2.04. The lowest BCUT2D eigenvalue weighted by molar-refractivity contribution is 0.532. The molecule has 0 nitrogen and oxygen atoms in total. The van der Waals surface area contributed by atoms with Crippen LogP contribution in [0.1, 0.15) is 188 Å². The predicted molar refractivity (Wildman–Crippen MR) is 153 cm³/mol. The zero-order valence-electron chi connectivity index (χ0n) is 23.1. The van der Waals surface area contributed by atoms with E-state index in [9.17, 15) is 0 Å². The van der Waals surface area contributed by atoms with E-state index in [-0.39, 0.29) is 0 Å². The zero-order valence-corrected chi connectivity index (χ0v) is 23.9. The number of rotatable bonds is 28. The van der Waals surface area contributed by atoms with E-state index in [0.29, 0.717) is 0 Å². The molecule has 0 amide bonds. The lowest BCUT2D eigenvalue weighted by atomic mass is 10.0. The van der Waals surface area contributed by atoms with E-state index < -0.39 is 0 Å². The van der Waals surface area contributed by atoms with Crippen molar-refractivity contribution in [2.24, 2.45) is 0 Å². The molecular formula is C31H64S. The highest BCUT2D eigenvalue weighted by molar-refractivity contribution is 7.99. The van der Waals surface area contributed by atoms with Gasteiger partial charge in [0.2, 0.25) is 0 Å². The van der Waals surface area contributed by atoms with Gasteiger partial charge in [-0.2, -0.15) is 11.8 Å². The van der Waals surface area contributed by atoms with Crippen LogP contribution in [0.25, 0.3) is 0 Å². The Morgan fingerprint density at radius 3 is 0.969 bits per heavy atom. The zero-order chi connectivity index (χ0) is 23.4. The lowest BCUT2D eigenvalue weighted by Gasteiger charge is -2.17. The molecule has 0 heterocycles. The first kappa shape index (κ1) is 32.4. The fraction of sp³-hybridized carbons (Fsp3) is 1.00. The molecule has 32 heavy (non-hydrogen) atoms. The largest absolute Gasteiger partial charge is 0.159 e. The van der Waals surface area contributed by atoms with Crippen LogP contribution in [-0.2, 0) is 0 Å². The summed E-state index contributed by atoms with van der Waals surface area (Å²) < 4.78 is 0. The molecule has 1 atom stereocenters. The smallest absolute Gasteiger partial charge is 0.00470 e. The van der Waals surface area contributed by atoms with Gasteiger partial charge in [-0.25, -0.2) is 0 Å². The van der Waals surface area contributed by atoms with E-state index in [2.05, 4.69) is 32.5 Å². The summed E-state index contributed by atoms with van der Waals surface area (Å²) in [4.78, 5) is 0. The van der Waals surface area contributed by atoms with Gasteiger partial charge >= 0.3 is 0 Å². The fourth-order valence-electron chi connectivity index (χ4n) is 4.81. The van der Waals surface area contributed by atoms with Gasteiger partial charge in [-0.3, -0.25) is 0 Å². The molecule has 0 aliphatic carbocycles. The summed E-state index contributed by atoms with van der Waals surface area (Å²) in [7, 11) is 0. The van der Waals surface area contributed by atoms with Crippen molar-refractivity contribution in [3.63, 3.8) is 0 Å². The van der Waals surface area contributed by atoms with Crippen LogP contribution in [0.5, 0.6) is 0 Å². The standard InChI is InChI=1S/C31H64S/c1-4-7-10-13-16-18-20-23-26-29-31(28-25-22-15-12-9-6-3)32-30-27-24-21-19-17-14-11-8-5-2/h31H,4-30H2,1-3H3. The van der Waals surface area contributed by atoms with E-state index in [1.54, 1.807) is 0 Å². The molecule has 0 aliphatic heterocycles. The minimum atomic E-state index is 0.958. The second-order valence-corrected chi connectivity index (χ2v) is 11.9. The van der Waals surface area contributed by atoms with Crippen molar-refractivity contribution in [2.75, 3.05) is 5.75 Å². The monoisotopic (exact) mass is 468 g/mol. The van der Waals surface area contributed by atoms with E-state index in [1.165, 1.54) is 173 Å². The van der Waals surface area contributed by atoms with Gasteiger partial charge in [-0.1, -0.05) is 168 Å². The van der Waals surface area contributed by atoms with Gasteiger partial charge in [-0.15, -0.1) is 0 Å². The van der Waals surface area contributed by atoms with Crippen LogP contribution in [0.4, 0.5) is 0 Å². The first-order valence-electron chi connectivity index (χ1n) is 15.5. The molecule has 0 fully saturated rings.